The predicted octanol–water partition coefficient (Wildman–Crippen LogP) is 3.04. The maximum absolute atomic E-state index is 10.3. The smallest absolute Gasteiger partial charge is 0.143 e. The molecule has 0 radical (unpaired) electrons. The molecule has 0 bridgehead atoms. The van der Waals surface area contributed by atoms with Gasteiger partial charge in [-0.1, -0.05) is 37.6 Å². The number of aldehydes is 1. The van der Waals surface area contributed by atoms with Crippen molar-refractivity contribution in [2.45, 2.75) is 40.2 Å². The molecule has 1 aliphatic rings. The van der Waals surface area contributed by atoms with Crippen molar-refractivity contribution in [2.75, 3.05) is 0 Å². The molecule has 0 saturated heterocycles. The summed E-state index contributed by atoms with van der Waals surface area (Å²) in [5.74, 6) is 0.320. The molecule has 0 aromatic carbocycles. The first kappa shape index (κ1) is 13.9. The number of carbonyl (C=O) groups excluding carboxylic acids is 1. The number of hydrogen-bond acceptors (Lipinski definition) is 2. The first-order chi connectivity index (χ1) is 7.86. The van der Waals surface area contributed by atoms with E-state index < -0.39 is 0 Å². The molecule has 1 N–H and O–H groups in total. The average molecular weight is 234 g/mol. The Morgan fingerprint density at radius 3 is 2.71 bits per heavy atom. The average Bonchev–Trinajstić information content (AvgIpc) is 2.14. The van der Waals surface area contributed by atoms with Gasteiger partial charge in [0.25, 0.3) is 0 Å². The highest BCUT2D eigenvalue weighted by Crippen LogP contribution is 2.41. The standard InChI is InChI=1S/C15H22O2/c1-11(7-8-16)5-6-14-12(2)9-13(17)10-15(14,3)4/h5-9,13-14,17H,10H2,1-4H3/b6-5?,11-7+. The lowest BCUT2D eigenvalue weighted by Gasteiger charge is -2.38. The van der Waals surface area contributed by atoms with E-state index in [0.717, 1.165) is 18.3 Å². The SMILES string of the molecule is CC1=CC(O)CC(C)(C)C1C=C/C(C)=C/C=O. The monoisotopic (exact) mass is 234 g/mol. The Balaban J connectivity index is 2.92. The molecular formula is C15H22O2. The zero-order valence-corrected chi connectivity index (χ0v) is 11.1. The van der Waals surface area contributed by atoms with Crippen molar-refractivity contribution in [3.05, 3.63) is 35.5 Å². The molecule has 0 saturated carbocycles. The Labute approximate surface area is 104 Å². The van der Waals surface area contributed by atoms with Crippen molar-refractivity contribution in [3.8, 4) is 0 Å². The molecule has 94 valence electrons. The van der Waals surface area contributed by atoms with Crippen LogP contribution in [0.3, 0.4) is 0 Å². The maximum Gasteiger partial charge on any atom is 0.143 e. The van der Waals surface area contributed by atoms with Gasteiger partial charge in [-0.2, -0.15) is 0 Å². The van der Waals surface area contributed by atoms with Gasteiger partial charge in [-0.25, -0.2) is 0 Å². The van der Waals surface area contributed by atoms with Crippen molar-refractivity contribution >= 4 is 6.29 Å². The normalized spacial score (nSPS) is 29.2. The summed E-state index contributed by atoms with van der Waals surface area (Å²) in [5, 5.41) is 9.74. The van der Waals surface area contributed by atoms with Crippen molar-refractivity contribution in [1.82, 2.24) is 0 Å². The second-order valence-electron chi connectivity index (χ2n) is 5.55. The van der Waals surface area contributed by atoms with Crippen LogP contribution in [0.15, 0.2) is 35.5 Å². The molecule has 0 heterocycles. The molecule has 0 amide bonds. The number of aliphatic hydroxyl groups excluding tert-OH is 1. The van der Waals surface area contributed by atoms with Gasteiger partial charge in [-0.15, -0.1) is 0 Å². The van der Waals surface area contributed by atoms with Gasteiger partial charge in [-0.3, -0.25) is 4.79 Å². The molecule has 1 rings (SSSR count). The number of aliphatic hydroxyl groups is 1. The molecule has 0 aromatic rings. The summed E-state index contributed by atoms with van der Waals surface area (Å²) in [6, 6.07) is 0. The van der Waals surface area contributed by atoms with Crippen molar-refractivity contribution in [1.29, 1.82) is 0 Å². The molecular weight excluding hydrogens is 212 g/mol. The predicted molar refractivity (Wildman–Crippen MR) is 70.6 cm³/mol. The molecule has 0 spiro atoms. The molecule has 17 heavy (non-hydrogen) atoms. The van der Waals surface area contributed by atoms with E-state index in [2.05, 4.69) is 26.8 Å². The number of rotatable bonds is 3. The number of allylic oxidation sites excluding steroid dienone is 5. The zero-order chi connectivity index (χ0) is 13.1. The zero-order valence-electron chi connectivity index (χ0n) is 11.1. The largest absolute Gasteiger partial charge is 0.389 e. The maximum atomic E-state index is 10.3. The molecule has 0 fully saturated rings. The van der Waals surface area contributed by atoms with Crippen LogP contribution in [0.5, 0.6) is 0 Å². The Bertz CT molecular complexity index is 372. The highest BCUT2D eigenvalue weighted by Gasteiger charge is 2.34. The number of carbonyl (C=O) groups is 1. The van der Waals surface area contributed by atoms with Crippen LogP contribution in [0.1, 0.15) is 34.1 Å². The van der Waals surface area contributed by atoms with Crippen LogP contribution in [0.4, 0.5) is 0 Å². The highest BCUT2D eigenvalue weighted by atomic mass is 16.3. The minimum atomic E-state index is -0.332. The van der Waals surface area contributed by atoms with Gasteiger partial charge in [0.1, 0.15) is 6.29 Å². The molecule has 0 aliphatic heterocycles. The van der Waals surface area contributed by atoms with E-state index in [1.165, 1.54) is 5.57 Å². The van der Waals surface area contributed by atoms with Crippen molar-refractivity contribution < 1.29 is 9.90 Å². The van der Waals surface area contributed by atoms with E-state index in [1.54, 1.807) is 6.08 Å². The van der Waals surface area contributed by atoms with E-state index in [4.69, 9.17) is 0 Å². The third kappa shape index (κ3) is 3.67. The first-order valence-electron chi connectivity index (χ1n) is 6.03. The second kappa shape index (κ2) is 5.46. The Morgan fingerprint density at radius 2 is 2.18 bits per heavy atom. The summed E-state index contributed by atoms with van der Waals surface area (Å²) in [7, 11) is 0. The van der Waals surface area contributed by atoms with E-state index in [-0.39, 0.29) is 11.5 Å². The molecule has 2 nitrogen and oxygen atoms in total. The van der Waals surface area contributed by atoms with Gasteiger partial charge >= 0.3 is 0 Å². The fourth-order valence-electron chi connectivity index (χ4n) is 2.57. The minimum Gasteiger partial charge on any atom is -0.389 e. The molecule has 2 atom stereocenters. The number of hydrogen-bond donors (Lipinski definition) is 1. The van der Waals surface area contributed by atoms with Gasteiger partial charge in [0, 0.05) is 5.92 Å². The van der Waals surface area contributed by atoms with Gasteiger partial charge in [0.15, 0.2) is 0 Å². The Kier molecular flexibility index (Phi) is 4.47. The van der Waals surface area contributed by atoms with Gasteiger partial charge < -0.3 is 5.11 Å². The lowest BCUT2D eigenvalue weighted by molar-refractivity contribution is -0.104. The van der Waals surface area contributed by atoms with Gasteiger partial charge in [-0.05, 0) is 37.3 Å². The van der Waals surface area contributed by atoms with Crippen molar-refractivity contribution in [3.63, 3.8) is 0 Å². The summed E-state index contributed by atoms with van der Waals surface area (Å²) in [6.07, 6.45) is 8.84. The third-order valence-corrected chi connectivity index (χ3v) is 3.41. The first-order valence-corrected chi connectivity index (χ1v) is 6.03. The Hall–Kier alpha value is -1.15. The fraction of sp³-hybridized carbons (Fsp3) is 0.533. The summed E-state index contributed by atoms with van der Waals surface area (Å²) in [6.45, 7) is 8.30. The third-order valence-electron chi connectivity index (χ3n) is 3.41. The van der Waals surface area contributed by atoms with Crippen LogP contribution in [-0.4, -0.2) is 17.5 Å². The lowest BCUT2D eigenvalue weighted by atomic mass is 9.67. The molecule has 1 aliphatic carbocycles. The van der Waals surface area contributed by atoms with Crippen LogP contribution in [-0.2, 0) is 4.79 Å². The van der Waals surface area contributed by atoms with Gasteiger partial charge in [0.05, 0.1) is 6.10 Å². The van der Waals surface area contributed by atoms with E-state index in [1.807, 2.05) is 19.1 Å². The summed E-state index contributed by atoms with van der Waals surface area (Å²) in [5.41, 5.74) is 2.20. The van der Waals surface area contributed by atoms with E-state index in [9.17, 15) is 9.90 Å². The summed E-state index contributed by atoms with van der Waals surface area (Å²) in [4.78, 5) is 10.3. The summed E-state index contributed by atoms with van der Waals surface area (Å²) < 4.78 is 0. The highest BCUT2D eigenvalue weighted by molar-refractivity contribution is 5.66. The van der Waals surface area contributed by atoms with Crippen LogP contribution in [0.2, 0.25) is 0 Å². The lowest BCUT2D eigenvalue weighted by Crippen LogP contribution is -2.32. The molecule has 0 aromatic heterocycles. The second-order valence-corrected chi connectivity index (χ2v) is 5.55. The van der Waals surface area contributed by atoms with E-state index >= 15 is 0 Å². The Morgan fingerprint density at radius 1 is 1.53 bits per heavy atom. The van der Waals surface area contributed by atoms with Gasteiger partial charge in [0.2, 0.25) is 0 Å². The quantitative estimate of drug-likeness (QED) is 0.353. The van der Waals surface area contributed by atoms with E-state index in [0.29, 0.717) is 5.92 Å². The minimum absolute atomic E-state index is 0.0518. The van der Waals surface area contributed by atoms with Crippen LogP contribution < -0.4 is 0 Å². The molecule has 2 heteroatoms. The van der Waals surface area contributed by atoms with Crippen LogP contribution in [0, 0.1) is 11.3 Å². The van der Waals surface area contributed by atoms with Crippen molar-refractivity contribution in [2.24, 2.45) is 11.3 Å². The fourth-order valence-corrected chi connectivity index (χ4v) is 2.57. The molecule has 2 unspecified atom stereocenters. The van der Waals surface area contributed by atoms with Crippen LogP contribution in [0.25, 0.3) is 0 Å². The topological polar surface area (TPSA) is 37.3 Å². The van der Waals surface area contributed by atoms with Crippen LogP contribution >= 0.6 is 0 Å². The summed E-state index contributed by atoms with van der Waals surface area (Å²) >= 11 is 0.